The molecule has 1 aromatic heterocycles. The van der Waals surface area contributed by atoms with Crippen LogP contribution in [-0.2, 0) is 9.53 Å². The molecule has 0 atom stereocenters. The van der Waals surface area contributed by atoms with Crippen molar-refractivity contribution < 1.29 is 9.53 Å². The van der Waals surface area contributed by atoms with E-state index in [1.807, 2.05) is 6.07 Å². The summed E-state index contributed by atoms with van der Waals surface area (Å²) in [5.41, 5.74) is 0.874. The van der Waals surface area contributed by atoms with Crippen LogP contribution in [0.5, 0.6) is 0 Å². The number of hydrogen-bond donors (Lipinski definition) is 1. The van der Waals surface area contributed by atoms with Gasteiger partial charge in [0, 0.05) is 6.20 Å². The van der Waals surface area contributed by atoms with Crippen LogP contribution in [0, 0.1) is 0 Å². The predicted molar refractivity (Wildman–Crippen MR) is 44.3 cm³/mol. The van der Waals surface area contributed by atoms with Crippen LogP contribution in [0.3, 0.4) is 0 Å². The molecule has 0 aliphatic heterocycles. The molecule has 12 heavy (non-hydrogen) atoms. The number of nitrogens with zero attached hydrogens (tertiary/aromatic N) is 1. The Morgan fingerprint density at radius 3 is 3.25 bits per heavy atom. The van der Waals surface area contributed by atoms with E-state index in [1.54, 1.807) is 18.3 Å². The second-order valence-corrected chi connectivity index (χ2v) is 2.19. The minimum atomic E-state index is -0.245. The summed E-state index contributed by atoms with van der Waals surface area (Å²) in [5.74, 6) is -0.245. The van der Waals surface area contributed by atoms with Gasteiger partial charge in [0.05, 0.1) is 19.2 Å². The molecule has 64 valence electrons. The highest BCUT2D eigenvalue weighted by atomic mass is 16.5. The average Bonchev–Trinajstić information content (AvgIpc) is 2.57. The summed E-state index contributed by atoms with van der Waals surface area (Å²) < 4.78 is 4.45. The number of esters is 1. The van der Waals surface area contributed by atoms with Gasteiger partial charge in [-0.2, -0.15) is 5.10 Å². The van der Waals surface area contributed by atoms with Crippen molar-refractivity contribution in [3.63, 3.8) is 0 Å². The van der Waals surface area contributed by atoms with Crippen LogP contribution in [0.4, 0.5) is 0 Å². The highest BCUT2D eigenvalue weighted by Crippen LogP contribution is 1.96. The number of aromatic amines is 1. The quantitative estimate of drug-likeness (QED) is 0.681. The normalized spacial score (nSPS) is 10.4. The van der Waals surface area contributed by atoms with Gasteiger partial charge in [-0.3, -0.25) is 9.89 Å². The van der Waals surface area contributed by atoms with Gasteiger partial charge in [0.15, 0.2) is 0 Å². The standard InChI is InChI=1S/C8H10N2O2/c1-12-8(11)4-2-3-7-5-6-9-10-7/h2-3,5-6H,4H2,1H3,(H,9,10). The van der Waals surface area contributed by atoms with Gasteiger partial charge >= 0.3 is 5.97 Å². The molecule has 4 nitrogen and oxygen atoms in total. The lowest BCUT2D eigenvalue weighted by Crippen LogP contribution is -1.96. The number of nitrogens with one attached hydrogen (secondary N) is 1. The van der Waals surface area contributed by atoms with E-state index in [0.717, 1.165) is 5.69 Å². The topological polar surface area (TPSA) is 55.0 Å². The number of ether oxygens (including phenoxy) is 1. The second-order valence-electron chi connectivity index (χ2n) is 2.19. The molecule has 0 amide bonds. The first-order valence-corrected chi connectivity index (χ1v) is 3.55. The number of aromatic nitrogens is 2. The Morgan fingerprint density at radius 2 is 2.67 bits per heavy atom. The Balaban J connectivity index is 2.37. The smallest absolute Gasteiger partial charge is 0.309 e. The third-order valence-electron chi connectivity index (χ3n) is 1.33. The number of carbonyl (C=O) groups is 1. The van der Waals surface area contributed by atoms with Gasteiger partial charge < -0.3 is 4.74 Å². The molecule has 0 bridgehead atoms. The Kier molecular flexibility index (Phi) is 3.07. The Morgan fingerprint density at radius 1 is 1.83 bits per heavy atom. The van der Waals surface area contributed by atoms with E-state index in [4.69, 9.17) is 0 Å². The number of methoxy groups -OCH3 is 1. The summed E-state index contributed by atoms with van der Waals surface area (Å²) >= 11 is 0. The van der Waals surface area contributed by atoms with Crippen LogP contribution in [0.2, 0.25) is 0 Å². The first-order chi connectivity index (χ1) is 5.83. The SMILES string of the molecule is COC(=O)CC=Cc1ccn[nH]1. The number of hydrogen-bond acceptors (Lipinski definition) is 3. The lowest BCUT2D eigenvalue weighted by Gasteiger charge is -1.90. The highest BCUT2D eigenvalue weighted by Gasteiger charge is 1.93. The zero-order chi connectivity index (χ0) is 8.81. The molecule has 0 unspecified atom stereocenters. The molecule has 0 radical (unpaired) electrons. The van der Waals surface area contributed by atoms with Gasteiger partial charge in [-0.25, -0.2) is 0 Å². The Bertz CT molecular complexity index is 265. The lowest BCUT2D eigenvalue weighted by atomic mass is 10.3. The zero-order valence-corrected chi connectivity index (χ0v) is 6.78. The maximum atomic E-state index is 10.6. The van der Waals surface area contributed by atoms with Crippen LogP contribution < -0.4 is 0 Å². The van der Waals surface area contributed by atoms with E-state index in [9.17, 15) is 4.79 Å². The molecule has 0 aromatic carbocycles. The summed E-state index contributed by atoms with van der Waals surface area (Å²) in [5, 5.41) is 6.49. The molecular weight excluding hydrogens is 156 g/mol. The molecular formula is C8H10N2O2. The fourth-order valence-electron chi connectivity index (χ4n) is 0.725. The summed E-state index contributed by atoms with van der Waals surface area (Å²) in [7, 11) is 1.37. The van der Waals surface area contributed by atoms with Crippen molar-refractivity contribution in [3.8, 4) is 0 Å². The van der Waals surface area contributed by atoms with Gasteiger partial charge in [-0.15, -0.1) is 0 Å². The number of carbonyl (C=O) groups excluding carboxylic acids is 1. The molecule has 4 heteroatoms. The van der Waals surface area contributed by atoms with Crippen molar-refractivity contribution in [2.75, 3.05) is 7.11 Å². The molecule has 0 spiro atoms. The fraction of sp³-hybridized carbons (Fsp3) is 0.250. The van der Waals surface area contributed by atoms with Crippen LogP contribution in [-0.4, -0.2) is 23.3 Å². The third-order valence-corrected chi connectivity index (χ3v) is 1.33. The van der Waals surface area contributed by atoms with E-state index >= 15 is 0 Å². The van der Waals surface area contributed by atoms with Crippen LogP contribution in [0.1, 0.15) is 12.1 Å². The van der Waals surface area contributed by atoms with Gasteiger partial charge in [0.2, 0.25) is 0 Å². The molecule has 0 fully saturated rings. The van der Waals surface area contributed by atoms with Crippen molar-refractivity contribution in [2.45, 2.75) is 6.42 Å². The molecule has 1 aromatic rings. The van der Waals surface area contributed by atoms with Crippen LogP contribution in [0.15, 0.2) is 18.3 Å². The highest BCUT2D eigenvalue weighted by molar-refractivity contribution is 5.72. The average molecular weight is 166 g/mol. The summed E-state index contributed by atoms with van der Waals surface area (Å²) in [4.78, 5) is 10.6. The number of H-pyrrole nitrogens is 1. The summed E-state index contributed by atoms with van der Waals surface area (Å²) in [6.45, 7) is 0. The minimum Gasteiger partial charge on any atom is -0.469 e. The second kappa shape index (κ2) is 4.33. The maximum absolute atomic E-state index is 10.6. The molecule has 0 aliphatic carbocycles. The first-order valence-electron chi connectivity index (χ1n) is 3.55. The molecule has 1 rings (SSSR count). The van der Waals surface area contributed by atoms with E-state index in [0.29, 0.717) is 0 Å². The van der Waals surface area contributed by atoms with Gasteiger partial charge in [-0.05, 0) is 12.1 Å². The van der Waals surface area contributed by atoms with Crippen molar-refractivity contribution in [1.29, 1.82) is 0 Å². The van der Waals surface area contributed by atoms with Crippen LogP contribution in [0.25, 0.3) is 6.08 Å². The van der Waals surface area contributed by atoms with E-state index in [1.165, 1.54) is 7.11 Å². The van der Waals surface area contributed by atoms with E-state index < -0.39 is 0 Å². The van der Waals surface area contributed by atoms with Gasteiger partial charge in [-0.1, -0.05) is 6.08 Å². The van der Waals surface area contributed by atoms with E-state index in [2.05, 4.69) is 14.9 Å². The molecule has 0 saturated heterocycles. The fourth-order valence-corrected chi connectivity index (χ4v) is 0.725. The first kappa shape index (κ1) is 8.52. The van der Waals surface area contributed by atoms with Crippen molar-refractivity contribution in [1.82, 2.24) is 10.2 Å². The van der Waals surface area contributed by atoms with Crippen LogP contribution >= 0.6 is 0 Å². The Hall–Kier alpha value is -1.58. The van der Waals surface area contributed by atoms with Gasteiger partial charge in [0.25, 0.3) is 0 Å². The lowest BCUT2D eigenvalue weighted by molar-refractivity contribution is -0.139. The van der Waals surface area contributed by atoms with Crippen molar-refractivity contribution >= 4 is 12.0 Å². The molecule has 1 heterocycles. The summed E-state index contributed by atoms with van der Waals surface area (Å²) in [6, 6.07) is 1.81. The summed E-state index contributed by atoms with van der Waals surface area (Å²) in [6.07, 6.45) is 5.44. The molecule has 0 aliphatic rings. The predicted octanol–water partition coefficient (Wildman–Crippen LogP) is 0.986. The zero-order valence-electron chi connectivity index (χ0n) is 6.78. The van der Waals surface area contributed by atoms with Gasteiger partial charge in [0.1, 0.15) is 0 Å². The van der Waals surface area contributed by atoms with E-state index in [-0.39, 0.29) is 12.4 Å². The number of rotatable bonds is 3. The van der Waals surface area contributed by atoms with Crippen molar-refractivity contribution in [3.05, 3.63) is 24.0 Å². The molecule has 1 N–H and O–H groups in total. The molecule has 0 saturated carbocycles. The largest absolute Gasteiger partial charge is 0.469 e. The van der Waals surface area contributed by atoms with Crippen molar-refractivity contribution in [2.24, 2.45) is 0 Å². The maximum Gasteiger partial charge on any atom is 0.309 e. The third kappa shape index (κ3) is 2.57. The minimum absolute atomic E-state index is 0.245. The Labute approximate surface area is 70.2 Å². The monoisotopic (exact) mass is 166 g/mol.